The van der Waals surface area contributed by atoms with Crippen molar-refractivity contribution in [1.82, 2.24) is 5.01 Å². The van der Waals surface area contributed by atoms with Gasteiger partial charge in [-0.1, -0.05) is 13.8 Å². The van der Waals surface area contributed by atoms with E-state index >= 15 is 0 Å². The summed E-state index contributed by atoms with van der Waals surface area (Å²) in [6.45, 7) is 4.47. The zero-order valence-corrected chi connectivity index (χ0v) is 11.9. The van der Waals surface area contributed by atoms with Crippen molar-refractivity contribution < 1.29 is 13.2 Å². The molecule has 6 nitrogen and oxygen atoms in total. The minimum absolute atomic E-state index is 0.0665. The van der Waals surface area contributed by atoms with Crippen LogP contribution < -0.4 is 5.73 Å². The standard InChI is InChI=1S/C11H21N3O3S/c1-8(2)10-9(4-5-12)11(15)14(13-10)6-7-18(3,16)17/h8-9H,4-7,12H2,1-3H3. The van der Waals surface area contributed by atoms with Crippen LogP contribution in [0.1, 0.15) is 20.3 Å². The number of rotatable bonds is 6. The van der Waals surface area contributed by atoms with Crippen molar-refractivity contribution in [3.63, 3.8) is 0 Å². The van der Waals surface area contributed by atoms with Gasteiger partial charge in [-0.05, 0) is 18.9 Å². The highest BCUT2D eigenvalue weighted by atomic mass is 32.2. The summed E-state index contributed by atoms with van der Waals surface area (Å²) in [5, 5.41) is 5.53. The molecule has 0 fully saturated rings. The van der Waals surface area contributed by atoms with Gasteiger partial charge in [-0.25, -0.2) is 13.4 Å². The first-order valence-electron chi connectivity index (χ1n) is 6.04. The van der Waals surface area contributed by atoms with Crippen LogP contribution in [0.3, 0.4) is 0 Å². The maximum atomic E-state index is 12.1. The fourth-order valence-electron chi connectivity index (χ4n) is 1.93. The van der Waals surface area contributed by atoms with Crippen LogP contribution in [0.4, 0.5) is 0 Å². The van der Waals surface area contributed by atoms with Crippen LogP contribution in [0, 0.1) is 11.8 Å². The van der Waals surface area contributed by atoms with Gasteiger partial charge >= 0.3 is 0 Å². The SMILES string of the molecule is CC(C)C1=NN(CCS(C)(=O)=O)C(=O)C1CCN. The van der Waals surface area contributed by atoms with E-state index in [-0.39, 0.29) is 30.0 Å². The summed E-state index contributed by atoms with van der Waals surface area (Å²) in [4.78, 5) is 12.1. The third-order valence-electron chi connectivity index (χ3n) is 2.87. The Morgan fingerprint density at radius 1 is 1.44 bits per heavy atom. The fraction of sp³-hybridized carbons (Fsp3) is 0.818. The summed E-state index contributed by atoms with van der Waals surface area (Å²) in [5.41, 5.74) is 6.30. The second kappa shape index (κ2) is 5.79. The van der Waals surface area contributed by atoms with E-state index in [0.717, 1.165) is 12.0 Å². The zero-order valence-electron chi connectivity index (χ0n) is 11.1. The lowest BCUT2D eigenvalue weighted by molar-refractivity contribution is -0.131. The molecule has 0 spiro atoms. The third-order valence-corrected chi connectivity index (χ3v) is 3.79. The van der Waals surface area contributed by atoms with Crippen molar-refractivity contribution in [2.45, 2.75) is 20.3 Å². The molecule has 0 saturated carbocycles. The predicted octanol–water partition coefficient (Wildman–Crippen LogP) is -0.150. The molecule has 0 aromatic rings. The highest BCUT2D eigenvalue weighted by Gasteiger charge is 2.36. The molecule has 1 unspecified atom stereocenters. The molecule has 2 N–H and O–H groups in total. The molecule has 18 heavy (non-hydrogen) atoms. The van der Waals surface area contributed by atoms with Gasteiger partial charge in [0.15, 0.2) is 0 Å². The molecule has 1 amide bonds. The monoisotopic (exact) mass is 275 g/mol. The third kappa shape index (κ3) is 3.78. The highest BCUT2D eigenvalue weighted by molar-refractivity contribution is 7.90. The maximum absolute atomic E-state index is 12.1. The molecule has 0 radical (unpaired) electrons. The number of carbonyl (C=O) groups is 1. The summed E-state index contributed by atoms with van der Waals surface area (Å²) in [7, 11) is -3.09. The van der Waals surface area contributed by atoms with E-state index in [1.807, 2.05) is 13.8 Å². The Bertz CT molecular complexity index is 442. The first-order valence-corrected chi connectivity index (χ1v) is 8.10. The predicted molar refractivity (Wildman–Crippen MR) is 70.9 cm³/mol. The minimum Gasteiger partial charge on any atom is -0.330 e. The van der Waals surface area contributed by atoms with Gasteiger partial charge in [0.2, 0.25) is 0 Å². The second-order valence-corrected chi connectivity index (χ2v) is 7.16. The van der Waals surface area contributed by atoms with Gasteiger partial charge in [0.1, 0.15) is 9.84 Å². The van der Waals surface area contributed by atoms with Crippen molar-refractivity contribution in [3.05, 3.63) is 0 Å². The number of hydrogen-bond acceptors (Lipinski definition) is 5. The lowest BCUT2D eigenvalue weighted by Gasteiger charge is -2.13. The van der Waals surface area contributed by atoms with E-state index in [1.165, 1.54) is 5.01 Å². The first-order chi connectivity index (χ1) is 8.26. The summed E-state index contributed by atoms with van der Waals surface area (Å²) >= 11 is 0. The van der Waals surface area contributed by atoms with E-state index in [0.29, 0.717) is 13.0 Å². The Balaban J connectivity index is 2.80. The van der Waals surface area contributed by atoms with Crippen LogP contribution in [0.15, 0.2) is 5.10 Å². The van der Waals surface area contributed by atoms with Gasteiger partial charge in [-0.3, -0.25) is 4.79 Å². The van der Waals surface area contributed by atoms with Gasteiger partial charge in [-0.15, -0.1) is 0 Å². The van der Waals surface area contributed by atoms with Crippen LogP contribution in [0.25, 0.3) is 0 Å². The number of nitrogens with zero attached hydrogens (tertiary/aromatic N) is 2. The Kier molecular flexibility index (Phi) is 4.86. The van der Waals surface area contributed by atoms with Crippen LogP contribution in [0.2, 0.25) is 0 Å². The average molecular weight is 275 g/mol. The number of hydrogen-bond donors (Lipinski definition) is 1. The Hall–Kier alpha value is -0.950. The van der Waals surface area contributed by atoms with E-state index in [2.05, 4.69) is 5.10 Å². The number of nitrogens with two attached hydrogens (primary N) is 1. The molecular formula is C11H21N3O3S. The zero-order chi connectivity index (χ0) is 13.9. The second-order valence-electron chi connectivity index (χ2n) is 4.90. The van der Waals surface area contributed by atoms with Gasteiger partial charge in [0.25, 0.3) is 5.91 Å². The average Bonchev–Trinajstić information content (AvgIpc) is 2.54. The lowest BCUT2D eigenvalue weighted by atomic mass is 9.92. The molecule has 1 aliphatic heterocycles. The van der Waals surface area contributed by atoms with Crippen LogP contribution in [0.5, 0.6) is 0 Å². The van der Waals surface area contributed by atoms with E-state index in [1.54, 1.807) is 0 Å². The molecule has 1 aliphatic rings. The summed E-state index contributed by atoms with van der Waals surface area (Å²) in [6, 6.07) is 0. The quantitative estimate of drug-likeness (QED) is 0.729. The number of hydrazone groups is 1. The molecule has 7 heteroatoms. The normalized spacial score (nSPS) is 20.7. The molecule has 104 valence electrons. The molecule has 0 bridgehead atoms. The van der Waals surface area contributed by atoms with Crippen LogP contribution >= 0.6 is 0 Å². The van der Waals surface area contributed by atoms with Gasteiger partial charge in [0.05, 0.1) is 23.9 Å². The lowest BCUT2D eigenvalue weighted by Crippen LogP contribution is -2.32. The Labute approximate surface area is 108 Å². The van der Waals surface area contributed by atoms with Crippen molar-refractivity contribution >= 4 is 21.5 Å². The van der Waals surface area contributed by atoms with E-state index in [9.17, 15) is 13.2 Å². The molecule has 1 heterocycles. The van der Waals surface area contributed by atoms with Crippen LogP contribution in [-0.2, 0) is 14.6 Å². The Morgan fingerprint density at radius 2 is 2.06 bits per heavy atom. The van der Waals surface area contributed by atoms with Crippen molar-refractivity contribution in [1.29, 1.82) is 0 Å². The topological polar surface area (TPSA) is 92.8 Å². The highest BCUT2D eigenvalue weighted by Crippen LogP contribution is 2.23. The maximum Gasteiger partial charge on any atom is 0.251 e. The molecule has 1 rings (SSSR count). The van der Waals surface area contributed by atoms with Gasteiger partial charge < -0.3 is 5.73 Å². The fourth-order valence-corrected chi connectivity index (χ4v) is 2.44. The van der Waals surface area contributed by atoms with Gasteiger partial charge in [-0.2, -0.15) is 5.10 Å². The summed E-state index contributed by atoms with van der Waals surface area (Å²) in [6.07, 6.45) is 1.71. The van der Waals surface area contributed by atoms with Gasteiger partial charge in [0, 0.05) is 6.26 Å². The molecular weight excluding hydrogens is 254 g/mol. The number of amides is 1. The molecule has 0 aromatic heterocycles. The molecule has 1 atom stereocenters. The van der Waals surface area contributed by atoms with E-state index < -0.39 is 9.84 Å². The first kappa shape index (κ1) is 15.1. The number of carbonyl (C=O) groups excluding carboxylic acids is 1. The van der Waals surface area contributed by atoms with Crippen molar-refractivity contribution in [2.75, 3.05) is 25.1 Å². The molecule has 0 aliphatic carbocycles. The molecule has 0 aromatic carbocycles. The van der Waals surface area contributed by atoms with Crippen molar-refractivity contribution in [3.8, 4) is 0 Å². The smallest absolute Gasteiger partial charge is 0.251 e. The van der Waals surface area contributed by atoms with Crippen molar-refractivity contribution in [2.24, 2.45) is 22.7 Å². The molecule has 0 saturated heterocycles. The number of sulfone groups is 1. The van der Waals surface area contributed by atoms with E-state index in [4.69, 9.17) is 5.73 Å². The van der Waals surface area contributed by atoms with Crippen LogP contribution in [-0.4, -0.2) is 50.1 Å². The largest absolute Gasteiger partial charge is 0.330 e. The Morgan fingerprint density at radius 3 is 2.50 bits per heavy atom. The summed E-state index contributed by atoms with van der Waals surface area (Å²) in [5.74, 6) is -0.320. The summed E-state index contributed by atoms with van der Waals surface area (Å²) < 4.78 is 22.2. The minimum atomic E-state index is -3.09.